The Hall–Kier alpha value is -11.1. The number of benzene rings is 1. The summed E-state index contributed by atoms with van der Waals surface area (Å²) in [5.74, 6) is 0.597. The molecule has 13 aromatic heterocycles. The highest BCUT2D eigenvalue weighted by molar-refractivity contribution is 5.69. The number of imidazole rings is 1. The Balaban J connectivity index is 0.000000163. The molecule has 0 aliphatic carbocycles. The van der Waals surface area contributed by atoms with Gasteiger partial charge in [0, 0.05) is 187 Å². The van der Waals surface area contributed by atoms with Crippen molar-refractivity contribution in [3.63, 3.8) is 0 Å². The third-order valence-corrected chi connectivity index (χ3v) is 20.3. The molecule has 640 valence electrons. The van der Waals surface area contributed by atoms with Crippen molar-refractivity contribution >= 4 is 5.65 Å². The third kappa shape index (κ3) is 26.7. The maximum absolute atomic E-state index is 5.58. The lowest BCUT2D eigenvalue weighted by molar-refractivity contribution is 0.328. The highest BCUT2D eigenvalue weighted by Crippen LogP contribution is 2.31. The lowest BCUT2D eigenvalue weighted by atomic mass is 10.1. The zero-order valence-corrected chi connectivity index (χ0v) is 74.4. The molecule has 0 aliphatic heterocycles. The van der Waals surface area contributed by atoms with Crippen LogP contribution in [0, 0.1) is 33.6 Å². The maximum Gasteiger partial charge on any atom is 0.136 e. The summed E-state index contributed by atoms with van der Waals surface area (Å²) in [7, 11) is 14.7. The Morgan fingerprint density at radius 1 is 0.420 bits per heavy atom. The van der Waals surface area contributed by atoms with Crippen molar-refractivity contribution in [1.29, 1.82) is 0 Å². The lowest BCUT2D eigenvalue weighted by Crippen LogP contribution is -2.25. The largest absolute Gasteiger partial charge is 0.329 e. The van der Waals surface area contributed by atoms with Gasteiger partial charge in [-0.25, -0.2) is 4.98 Å². The second kappa shape index (κ2) is 46.3. The van der Waals surface area contributed by atoms with E-state index in [1.807, 2.05) is 125 Å². The van der Waals surface area contributed by atoms with Gasteiger partial charge in [0.2, 0.25) is 0 Å². The van der Waals surface area contributed by atoms with Gasteiger partial charge in [0.15, 0.2) is 0 Å². The van der Waals surface area contributed by atoms with Crippen LogP contribution in [0.2, 0.25) is 0 Å². The second-order valence-electron chi connectivity index (χ2n) is 32.0. The van der Waals surface area contributed by atoms with Gasteiger partial charge in [0.1, 0.15) is 5.65 Å². The van der Waals surface area contributed by atoms with E-state index in [1.165, 1.54) is 50.2 Å². The van der Waals surface area contributed by atoms with Crippen LogP contribution in [0.1, 0.15) is 162 Å². The highest BCUT2D eigenvalue weighted by Gasteiger charge is 2.21. The molecule has 14 aromatic rings. The number of rotatable bonds is 35. The number of aryl methyl sites for hydroxylation is 4. The predicted octanol–water partition coefficient (Wildman–Crippen LogP) is 14.3. The molecule has 14 rings (SSSR count). The van der Waals surface area contributed by atoms with E-state index in [1.54, 1.807) is 6.20 Å². The van der Waals surface area contributed by atoms with E-state index in [2.05, 4.69) is 293 Å². The number of likely N-dealkylation sites (N-methyl/N-ethyl adjacent to an activating group) is 1. The second-order valence-corrected chi connectivity index (χ2v) is 32.0. The molecule has 0 aliphatic rings. The maximum atomic E-state index is 5.58. The van der Waals surface area contributed by atoms with E-state index in [0.717, 1.165) is 208 Å². The van der Waals surface area contributed by atoms with Crippen LogP contribution in [-0.2, 0) is 59.4 Å². The van der Waals surface area contributed by atoms with Crippen LogP contribution in [0.4, 0.5) is 0 Å². The normalized spacial score (nSPS) is 11.5. The van der Waals surface area contributed by atoms with Gasteiger partial charge in [0.05, 0.1) is 108 Å². The van der Waals surface area contributed by atoms with Crippen molar-refractivity contribution in [1.82, 2.24) is 149 Å². The van der Waals surface area contributed by atoms with Crippen molar-refractivity contribution < 1.29 is 0 Å². The standard InChI is InChI=1S/C18H23N5.C15H25N5.C14H18N6.2C14H23N5.C13H21N5/c1-3-9-22(2)13-16-10-19-21-18(16)17-11-20-23(14-17)12-15-7-5-4-6-8-15;1-5-6-19(4)10-13-7-16-18-15(13)14-8-17-20(11-14)9-12(2)3;1-19(6-4-15)9-12-8-17-18-14(12)11-2-3-13-16-5-7-20(13)10-11;1-6-7-18(4)9-12-8-15-16-14(12)13-10(2)17-19(5)11(13)3;1-5-6-18(4)9-12-7-15-17-14(12)13-8-16-19(10-13)11(2)3;1-5-6-18(4)8-11-7-14-17-13(11)12-9(2)15-16-10(12)3/h4-8,10-11,14H,3,9,12-13H2,1-2H3,(H,19,21);7-8,11-12H,5-6,9-10H2,1-4H3,(H,16,18);2-3,5,7-8,10H,4,6,9,15H2,1H3,(H,17,18);8H,6-7,9H2,1-5H3,(H,15,16);7-8,10-11H,5-6,9H2,1-4H3,(H,15,17);7H,5-6,8H2,1-4H3,(H,14,17)(H,15,16). The molecule has 0 fully saturated rings. The van der Waals surface area contributed by atoms with Gasteiger partial charge in [-0.1, -0.05) is 78.8 Å². The first-order chi connectivity index (χ1) is 57.4. The summed E-state index contributed by atoms with van der Waals surface area (Å²) in [6.45, 7) is 41.9. The monoisotopic (exact) mass is 1620 g/mol. The minimum Gasteiger partial charge on any atom is -0.329 e. The van der Waals surface area contributed by atoms with Crippen LogP contribution >= 0.6 is 0 Å². The summed E-state index contributed by atoms with van der Waals surface area (Å²) in [6, 6.07) is 14.8. The first kappa shape index (κ1) is 91.8. The first-order valence-electron chi connectivity index (χ1n) is 42.0. The Morgan fingerprint density at radius 3 is 1.23 bits per heavy atom. The molecule has 0 atom stereocenters. The zero-order valence-electron chi connectivity index (χ0n) is 74.4. The Labute approximate surface area is 703 Å². The summed E-state index contributed by atoms with van der Waals surface area (Å²) in [4.78, 5) is 18.0. The lowest BCUT2D eigenvalue weighted by Gasteiger charge is -2.15. The Bertz CT molecular complexity index is 5150. The molecule has 31 nitrogen and oxygen atoms in total. The fourth-order valence-corrected chi connectivity index (χ4v) is 14.6. The predicted molar refractivity (Wildman–Crippen MR) is 477 cm³/mol. The fraction of sp³-hybridized carbons (Fsp3) is 0.477. The Morgan fingerprint density at radius 2 is 0.824 bits per heavy atom. The van der Waals surface area contributed by atoms with E-state index in [0.29, 0.717) is 18.5 Å². The number of hydrogen-bond donors (Lipinski definition) is 8. The SMILES string of the molecule is CCCN(C)Cc1cn[nH]c1-c1c(C)n[nH]c1C.CCCN(C)Cc1cn[nH]c1-c1c(C)nn(C)c1C.CCCN(C)Cc1cn[nH]c1-c1cnn(C(C)C)c1.CCCN(C)Cc1cn[nH]c1-c1cnn(CC(C)C)c1.CCCN(C)Cc1cn[nH]c1-c1cnn(Cc2ccccc2)c1.CN(CCN)Cc1cn[nH]c1-c1ccc2nccn2c1. The molecule has 0 bridgehead atoms. The number of nitrogens with zero attached hydrogens (tertiary/aromatic N) is 23. The number of H-pyrrole nitrogens is 7. The smallest absolute Gasteiger partial charge is 0.136 e. The van der Waals surface area contributed by atoms with E-state index in [4.69, 9.17) is 5.73 Å². The number of nitrogens with two attached hydrogens (primary N) is 1. The summed E-state index contributed by atoms with van der Waals surface area (Å²) in [6.07, 6.45) is 35.0. The van der Waals surface area contributed by atoms with Crippen molar-refractivity contribution in [3.05, 3.63) is 197 Å². The molecule has 119 heavy (non-hydrogen) atoms. The van der Waals surface area contributed by atoms with Gasteiger partial charge in [-0.2, -0.15) is 56.1 Å². The minimum absolute atomic E-state index is 0.378. The van der Waals surface area contributed by atoms with E-state index >= 15 is 0 Å². The third-order valence-electron chi connectivity index (χ3n) is 20.3. The van der Waals surface area contributed by atoms with Crippen LogP contribution in [0.15, 0.2) is 135 Å². The quantitative estimate of drug-likeness (QED) is 0.0183. The van der Waals surface area contributed by atoms with Crippen LogP contribution in [0.3, 0.4) is 0 Å². The number of nitrogens with one attached hydrogen (secondary N) is 7. The molecule has 9 N–H and O–H groups in total. The van der Waals surface area contributed by atoms with E-state index in [-0.39, 0.29) is 0 Å². The average molecular weight is 1630 g/mol. The van der Waals surface area contributed by atoms with Gasteiger partial charge < -0.3 is 39.5 Å². The number of fused-ring (bicyclic) bond motifs is 1. The van der Waals surface area contributed by atoms with E-state index in [9.17, 15) is 0 Å². The summed E-state index contributed by atoms with van der Waals surface area (Å²) in [5.41, 5.74) is 32.5. The highest BCUT2D eigenvalue weighted by atomic mass is 15.3. The minimum atomic E-state index is 0.378. The van der Waals surface area contributed by atoms with Gasteiger partial charge in [-0.3, -0.25) is 54.4 Å². The average Bonchev–Trinajstić information content (AvgIpc) is 1.65. The number of aromatic amines is 7. The fourth-order valence-electron chi connectivity index (χ4n) is 14.6. The van der Waals surface area contributed by atoms with Gasteiger partial charge in [0.25, 0.3) is 0 Å². The number of hydrogen-bond acceptors (Lipinski definition) is 19. The molecule has 0 saturated heterocycles. The summed E-state index contributed by atoms with van der Waals surface area (Å²) in [5, 5.41) is 68.8. The van der Waals surface area contributed by atoms with Crippen LogP contribution in [0.25, 0.3) is 73.2 Å². The van der Waals surface area contributed by atoms with Gasteiger partial charge in [-0.15, -0.1) is 0 Å². The first-order valence-corrected chi connectivity index (χ1v) is 42.0. The van der Waals surface area contributed by atoms with Crippen molar-refractivity contribution in [2.75, 3.05) is 88.1 Å². The van der Waals surface area contributed by atoms with Crippen molar-refractivity contribution in [3.8, 4) is 67.5 Å². The van der Waals surface area contributed by atoms with Crippen molar-refractivity contribution in [2.45, 2.75) is 181 Å². The Kier molecular flexibility index (Phi) is 35.8. The van der Waals surface area contributed by atoms with Crippen LogP contribution in [0.5, 0.6) is 0 Å². The molecular formula is C88H133N31. The molecule has 31 heteroatoms. The van der Waals surface area contributed by atoms with Gasteiger partial charge >= 0.3 is 0 Å². The topological polar surface area (TPSA) is 335 Å². The van der Waals surface area contributed by atoms with Crippen LogP contribution < -0.4 is 5.73 Å². The van der Waals surface area contributed by atoms with E-state index < -0.39 is 0 Å². The van der Waals surface area contributed by atoms with Gasteiger partial charge in [-0.05, 0) is 172 Å². The molecule has 0 spiro atoms. The number of aromatic nitrogens is 24. The molecule has 0 unspecified atom stereocenters. The van der Waals surface area contributed by atoms with Crippen LogP contribution in [-0.4, -0.2) is 237 Å². The zero-order chi connectivity index (χ0) is 85.5. The number of pyridine rings is 1. The molecule has 0 radical (unpaired) electrons. The molecule has 0 saturated carbocycles. The molecule has 0 amide bonds. The molecular weight excluding hydrogens is 1490 g/mol. The van der Waals surface area contributed by atoms with Crippen molar-refractivity contribution in [2.24, 2.45) is 18.7 Å². The summed E-state index contributed by atoms with van der Waals surface area (Å²) < 4.78 is 9.86. The molecule has 1 aromatic carbocycles. The summed E-state index contributed by atoms with van der Waals surface area (Å²) >= 11 is 0. The molecule has 13 heterocycles.